The Balaban J connectivity index is 2.97. The molecule has 0 bridgehead atoms. The lowest BCUT2D eigenvalue weighted by Gasteiger charge is -2.11. The molecule has 116 valence electrons. The first kappa shape index (κ1) is 17.0. The molecule has 8 heteroatoms. The van der Waals surface area contributed by atoms with E-state index in [-0.39, 0.29) is 17.7 Å². The Kier molecular flexibility index (Phi) is 5.31. The summed E-state index contributed by atoms with van der Waals surface area (Å²) in [5.74, 6) is -2.20. The number of sulfonamides is 1. The van der Waals surface area contributed by atoms with Gasteiger partial charge in [0.15, 0.2) is 0 Å². The number of hydrogen-bond donors (Lipinski definition) is 2. The van der Waals surface area contributed by atoms with Crippen LogP contribution in [-0.2, 0) is 19.6 Å². The number of methoxy groups -OCH3 is 1. The van der Waals surface area contributed by atoms with Gasteiger partial charge in [-0.15, -0.1) is 0 Å². The molecule has 1 aromatic carbocycles. The zero-order chi connectivity index (χ0) is 16.2. The molecule has 21 heavy (non-hydrogen) atoms. The molecule has 0 heterocycles. The number of aryl methyl sites for hydroxylation is 1. The SMILES string of the molecule is COC(=O)CCS(=O)(=O)Nc1cc(C)c(C)c(C(=O)O)c1. The second-order valence-corrected chi connectivity index (χ2v) is 6.36. The van der Waals surface area contributed by atoms with Crippen LogP contribution >= 0.6 is 0 Å². The Morgan fingerprint density at radius 2 is 1.90 bits per heavy atom. The maximum absolute atomic E-state index is 11.8. The van der Waals surface area contributed by atoms with Crippen molar-refractivity contribution in [2.24, 2.45) is 0 Å². The summed E-state index contributed by atoms with van der Waals surface area (Å²) in [6, 6.07) is 2.79. The lowest BCUT2D eigenvalue weighted by atomic mass is 10.0. The number of aromatic carboxylic acids is 1. The molecule has 7 nitrogen and oxygen atoms in total. The van der Waals surface area contributed by atoms with E-state index in [1.54, 1.807) is 13.8 Å². The number of nitrogens with one attached hydrogen (secondary N) is 1. The topological polar surface area (TPSA) is 110 Å². The number of anilines is 1. The number of hydrogen-bond acceptors (Lipinski definition) is 5. The number of benzene rings is 1. The minimum atomic E-state index is -3.76. The van der Waals surface area contributed by atoms with E-state index in [4.69, 9.17) is 5.11 Å². The average molecular weight is 315 g/mol. The molecular weight excluding hydrogens is 298 g/mol. The van der Waals surface area contributed by atoms with Crippen molar-refractivity contribution in [1.29, 1.82) is 0 Å². The second kappa shape index (κ2) is 6.57. The fourth-order valence-electron chi connectivity index (χ4n) is 1.69. The van der Waals surface area contributed by atoms with Gasteiger partial charge in [0.1, 0.15) is 0 Å². The van der Waals surface area contributed by atoms with Gasteiger partial charge >= 0.3 is 11.9 Å². The Labute approximate surface area is 123 Å². The molecule has 1 rings (SSSR count). The minimum Gasteiger partial charge on any atom is -0.478 e. The predicted molar refractivity (Wildman–Crippen MR) is 76.9 cm³/mol. The van der Waals surface area contributed by atoms with Crippen LogP contribution in [0.3, 0.4) is 0 Å². The zero-order valence-corrected chi connectivity index (χ0v) is 12.8. The van der Waals surface area contributed by atoms with Gasteiger partial charge in [-0.05, 0) is 37.1 Å². The van der Waals surface area contributed by atoms with Gasteiger partial charge in [0.2, 0.25) is 10.0 Å². The minimum absolute atomic E-state index is 0.0284. The third-order valence-corrected chi connectivity index (χ3v) is 4.26. The second-order valence-electron chi connectivity index (χ2n) is 4.52. The Morgan fingerprint density at radius 3 is 2.43 bits per heavy atom. The lowest BCUT2D eigenvalue weighted by Crippen LogP contribution is -2.20. The summed E-state index contributed by atoms with van der Waals surface area (Å²) in [6.45, 7) is 3.34. The number of esters is 1. The molecule has 0 aromatic heterocycles. The van der Waals surface area contributed by atoms with Crippen molar-refractivity contribution < 1.29 is 27.9 Å². The molecule has 0 saturated heterocycles. The van der Waals surface area contributed by atoms with Gasteiger partial charge in [-0.3, -0.25) is 9.52 Å². The number of rotatable bonds is 6. The van der Waals surface area contributed by atoms with Crippen LogP contribution in [0.5, 0.6) is 0 Å². The van der Waals surface area contributed by atoms with E-state index < -0.39 is 27.7 Å². The van der Waals surface area contributed by atoms with Crippen molar-refractivity contribution in [2.45, 2.75) is 20.3 Å². The smallest absolute Gasteiger partial charge is 0.336 e. The zero-order valence-electron chi connectivity index (χ0n) is 12.0. The van der Waals surface area contributed by atoms with Gasteiger partial charge in [-0.2, -0.15) is 0 Å². The number of carbonyl (C=O) groups excluding carboxylic acids is 1. The first-order chi connectivity index (χ1) is 9.66. The first-order valence-electron chi connectivity index (χ1n) is 6.08. The molecule has 0 atom stereocenters. The van der Waals surface area contributed by atoms with Gasteiger partial charge in [-0.25, -0.2) is 13.2 Å². The van der Waals surface area contributed by atoms with Crippen molar-refractivity contribution in [3.63, 3.8) is 0 Å². The summed E-state index contributed by atoms with van der Waals surface area (Å²) in [4.78, 5) is 22.1. The highest BCUT2D eigenvalue weighted by Crippen LogP contribution is 2.21. The van der Waals surface area contributed by atoms with Crippen LogP contribution in [0.1, 0.15) is 27.9 Å². The van der Waals surface area contributed by atoms with Gasteiger partial charge in [0.05, 0.1) is 24.8 Å². The highest BCUT2D eigenvalue weighted by molar-refractivity contribution is 7.92. The van der Waals surface area contributed by atoms with Crippen molar-refractivity contribution >= 4 is 27.6 Å². The highest BCUT2D eigenvalue weighted by Gasteiger charge is 2.16. The molecule has 0 fully saturated rings. The maximum Gasteiger partial charge on any atom is 0.336 e. The molecule has 1 aromatic rings. The third-order valence-electron chi connectivity index (χ3n) is 2.97. The molecular formula is C13H17NO6S. The third kappa shape index (κ3) is 4.75. The maximum atomic E-state index is 11.8. The van der Waals surface area contributed by atoms with Crippen LogP contribution in [0.15, 0.2) is 12.1 Å². The lowest BCUT2D eigenvalue weighted by molar-refractivity contribution is -0.140. The summed E-state index contributed by atoms with van der Waals surface area (Å²) in [7, 11) is -2.58. The Bertz CT molecular complexity index is 665. The Hall–Kier alpha value is -2.09. The molecule has 0 aliphatic carbocycles. The van der Waals surface area contributed by atoms with Crippen LogP contribution in [-0.4, -0.2) is 38.3 Å². The number of carboxylic acids is 1. The summed E-state index contributed by atoms with van der Waals surface area (Å²) < 4.78 is 30.3. The fourth-order valence-corrected chi connectivity index (χ4v) is 2.71. The summed E-state index contributed by atoms with van der Waals surface area (Å²) >= 11 is 0. The Morgan fingerprint density at radius 1 is 1.29 bits per heavy atom. The first-order valence-corrected chi connectivity index (χ1v) is 7.73. The van der Waals surface area contributed by atoms with E-state index in [1.807, 2.05) is 0 Å². The van der Waals surface area contributed by atoms with E-state index in [2.05, 4.69) is 9.46 Å². The summed E-state index contributed by atoms with van der Waals surface area (Å²) in [6.07, 6.45) is -0.275. The molecule has 0 aliphatic heterocycles. The largest absolute Gasteiger partial charge is 0.478 e. The van der Waals surface area contributed by atoms with Crippen LogP contribution < -0.4 is 4.72 Å². The van der Waals surface area contributed by atoms with E-state index in [0.29, 0.717) is 11.1 Å². The van der Waals surface area contributed by atoms with Gasteiger partial charge < -0.3 is 9.84 Å². The van der Waals surface area contributed by atoms with Crippen molar-refractivity contribution in [3.8, 4) is 0 Å². The van der Waals surface area contributed by atoms with Crippen LogP contribution in [0.25, 0.3) is 0 Å². The average Bonchev–Trinajstić information content (AvgIpc) is 2.39. The number of ether oxygens (including phenoxy) is 1. The molecule has 0 aliphatic rings. The molecule has 0 saturated carbocycles. The standard InChI is InChI=1S/C13H17NO6S/c1-8-6-10(7-11(9(8)2)13(16)17)14-21(18,19)5-4-12(15)20-3/h6-7,14H,4-5H2,1-3H3,(H,16,17). The van der Waals surface area contributed by atoms with Gasteiger partial charge in [0.25, 0.3) is 0 Å². The molecule has 0 spiro atoms. The predicted octanol–water partition coefficient (Wildman–Crippen LogP) is 1.31. The monoisotopic (exact) mass is 315 g/mol. The molecule has 2 N–H and O–H groups in total. The van der Waals surface area contributed by atoms with E-state index in [0.717, 1.165) is 0 Å². The normalized spacial score (nSPS) is 11.0. The molecule has 0 radical (unpaired) electrons. The van der Waals surface area contributed by atoms with E-state index in [1.165, 1.54) is 19.2 Å². The van der Waals surface area contributed by atoms with Crippen LogP contribution in [0.4, 0.5) is 5.69 Å². The summed E-state index contributed by atoms with van der Waals surface area (Å²) in [5, 5.41) is 9.08. The van der Waals surface area contributed by atoms with Gasteiger partial charge in [0, 0.05) is 5.69 Å². The summed E-state index contributed by atoms with van der Waals surface area (Å²) in [5.41, 5.74) is 1.40. The molecule has 0 amide bonds. The van der Waals surface area contributed by atoms with Crippen molar-refractivity contribution in [1.82, 2.24) is 0 Å². The van der Waals surface area contributed by atoms with E-state index >= 15 is 0 Å². The molecule has 0 unspecified atom stereocenters. The van der Waals surface area contributed by atoms with E-state index in [9.17, 15) is 18.0 Å². The van der Waals surface area contributed by atoms with Gasteiger partial charge in [-0.1, -0.05) is 0 Å². The quantitative estimate of drug-likeness (QED) is 0.766. The fraction of sp³-hybridized carbons (Fsp3) is 0.385. The van der Waals surface area contributed by atoms with Crippen LogP contribution in [0, 0.1) is 13.8 Å². The highest BCUT2D eigenvalue weighted by atomic mass is 32.2. The number of carbonyl (C=O) groups is 2. The van der Waals surface area contributed by atoms with Crippen molar-refractivity contribution in [3.05, 3.63) is 28.8 Å². The number of carboxylic acid groups (broad SMARTS) is 1. The van der Waals surface area contributed by atoms with Crippen molar-refractivity contribution in [2.75, 3.05) is 17.6 Å². The van der Waals surface area contributed by atoms with Crippen LogP contribution in [0.2, 0.25) is 0 Å².